The number of nitriles is 1. The van der Waals surface area contributed by atoms with E-state index in [-0.39, 0.29) is 11.4 Å². The minimum Gasteiger partial charge on any atom is -0.370 e. The van der Waals surface area contributed by atoms with Crippen LogP contribution in [0.25, 0.3) is 0 Å². The maximum Gasteiger partial charge on any atom is 0.305 e. The molecule has 19 heavy (non-hydrogen) atoms. The van der Waals surface area contributed by atoms with E-state index in [9.17, 15) is 10.1 Å². The summed E-state index contributed by atoms with van der Waals surface area (Å²) in [4.78, 5) is 14.0. The van der Waals surface area contributed by atoms with Gasteiger partial charge in [0.1, 0.15) is 11.9 Å². The smallest absolute Gasteiger partial charge is 0.305 e. The van der Waals surface area contributed by atoms with Crippen LogP contribution in [-0.2, 0) is 0 Å². The average molecular weight is 280 g/mol. The van der Waals surface area contributed by atoms with Crippen molar-refractivity contribution in [1.82, 2.24) is 4.98 Å². The van der Waals surface area contributed by atoms with Gasteiger partial charge in [-0.2, -0.15) is 17.0 Å². The highest BCUT2D eigenvalue weighted by atomic mass is 32.2. The number of thioether (sulfide) groups is 1. The van der Waals surface area contributed by atoms with Crippen LogP contribution in [0.1, 0.15) is 25.0 Å². The molecule has 1 aromatic heterocycles. The fourth-order valence-corrected chi connectivity index (χ4v) is 2.04. The zero-order chi connectivity index (χ0) is 14.1. The SMILES string of the molecule is CSCCCCCNc1ccc([N+](=O)[O-])c(C#N)n1. The van der Waals surface area contributed by atoms with Crippen LogP contribution in [0.4, 0.5) is 11.5 Å². The molecule has 0 aliphatic heterocycles. The van der Waals surface area contributed by atoms with Gasteiger partial charge in [-0.1, -0.05) is 6.42 Å². The summed E-state index contributed by atoms with van der Waals surface area (Å²) >= 11 is 1.83. The van der Waals surface area contributed by atoms with Crippen molar-refractivity contribution in [3.63, 3.8) is 0 Å². The molecule has 0 aromatic carbocycles. The van der Waals surface area contributed by atoms with E-state index in [1.165, 1.54) is 18.6 Å². The normalized spacial score (nSPS) is 9.89. The Balaban J connectivity index is 2.47. The molecule has 102 valence electrons. The lowest BCUT2D eigenvalue weighted by Crippen LogP contribution is -2.05. The van der Waals surface area contributed by atoms with Crippen LogP contribution < -0.4 is 5.32 Å². The molecule has 0 saturated carbocycles. The quantitative estimate of drug-likeness (QED) is 0.447. The number of nitro groups is 1. The van der Waals surface area contributed by atoms with Gasteiger partial charge in [0.15, 0.2) is 0 Å². The second-order valence-corrected chi connectivity index (χ2v) is 4.90. The van der Waals surface area contributed by atoms with Crippen molar-refractivity contribution in [3.05, 3.63) is 27.9 Å². The number of aromatic nitrogens is 1. The molecule has 0 radical (unpaired) electrons. The molecule has 0 bridgehead atoms. The molecule has 0 atom stereocenters. The van der Waals surface area contributed by atoms with Crippen LogP contribution >= 0.6 is 11.8 Å². The van der Waals surface area contributed by atoms with Crippen molar-refractivity contribution in [2.45, 2.75) is 19.3 Å². The molecule has 0 saturated heterocycles. The lowest BCUT2D eigenvalue weighted by atomic mass is 10.2. The largest absolute Gasteiger partial charge is 0.370 e. The fraction of sp³-hybridized carbons (Fsp3) is 0.500. The van der Waals surface area contributed by atoms with Gasteiger partial charge < -0.3 is 5.32 Å². The number of anilines is 1. The predicted octanol–water partition coefficient (Wildman–Crippen LogP) is 2.81. The Hall–Kier alpha value is -1.81. The number of hydrogen-bond donors (Lipinski definition) is 1. The highest BCUT2D eigenvalue weighted by Crippen LogP contribution is 2.18. The monoisotopic (exact) mass is 280 g/mol. The van der Waals surface area contributed by atoms with Crippen molar-refractivity contribution < 1.29 is 4.92 Å². The van der Waals surface area contributed by atoms with Gasteiger partial charge in [0.05, 0.1) is 4.92 Å². The lowest BCUT2D eigenvalue weighted by Gasteiger charge is -2.05. The topological polar surface area (TPSA) is 91.9 Å². The number of unbranched alkanes of at least 4 members (excludes halogenated alkanes) is 2. The third-order valence-electron chi connectivity index (χ3n) is 2.51. The van der Waals surface area contributed by atoms with E-state index in [0.29, 0.717) is 5.82 Å². The summed E-state index contributed by atoms with van der Waals surface area (Å²) in [7, 11) is 0. The number of rotatable bonds is 8. The van der Waals surface area contributed by atoms with Crippen LogP contribution in [0.5, 0.6) is 0 Å². The van der Waals surface area contributed by atoms with Crippen molar-refractivity contribution in [1.29, 1.82) is 5.26 Å². The fourth-order valence-electron chi connectivity index (χ4n) is 1.54. The van der Waals surface area contributed by atoms with E-state index in [0.717, 1.165) is 25.1 Å². The maximum absolute atomic E-state index is 10.6. The molecule has 1 heterocycles. The Morgan fingerprint density at radius 2 is 2.26 bits per heavy atom. The molecule has 0 aliphatic carbocycles. The highest BCUT2D eigenvalue weighted by Gasteiger charge is 2.15. The van der Waals surface area contributed by atoms with Crippen molar-refractivity contribution in [2.24, 2.45) is 0 Å². The summed E-state index contributed by atoms with van der Waals surface area (Å²) in [5.41, 5.74) is -0.412. The Morgan fingerprint density at radius 3 is 2.89 bits per heavy atom. The molecule has 0 amide bonds. The van der Waals surface area contributed by atoms with E-state index in [1.54, 1.807) is 6.07 Å². The predicted molar refractivity (Wildman–Crippen MR) is 76.3 cm³/mol. The molecule has 0 unspecified atom stereocenters. The first-order valence-corrected chi connectivity index (χ1v) is 7.36. The van der Waals surface area contributed by atoms with E-state index in [4.69, 9.17) is 5.26 Å². The van der Waals surface area contributed by atoms with Gasteiger partial charge in [0.25, 0.3) is 0 Å². The highest BCUT2D eigenvalue weighted by molar-refractivity contribution is 7.98. The number of nitrogens with zero attached hydrogens (tertiary/aromatic N) is 3. The van der Waals surface area contributed by atoms with Crippen molar-refractivity contribution in [2.75, 3.05) is 23.9 Å². The summed E-state index contributed by atoms with van der Waals surface area (Å²) in [6, 6.07) is 4.58. The van der Waals surface area contributed by atoms with Gasteiger partial charge in [-0.25, -0.2) is 4.98 Å². The first-order valence-electron chi connectivity index (χ1n) is 5.97. The zero-order valence-electron chi connectivity index (χ0n) is 10.8. The molecular formula is C12H16N4O2S. The van der Waals surface area contributed by atoms with Crippen LogP contribution in [0.15, 0.2) is 12.1 Å². The van der Waals surface area contributed by atoms with E-state index in [1.807, 2.05) is 11.8 Å². The summed E-state index contributed by atoms with van der Waals surface area (Å²) in [6.45, 7) is 0.754. The average Bonchev–Trinajstić information content (AvgIpc) is 2.42. The van der Waals surface area contributed by atoms with Crippen LogP contribution in [-0.4, -0.2) is 28.5 Å². The molecule has 1 N–H and O–H groups in total. The molecule has 0 aliphatic rings. The van der Waals surface area contributed by atoms with Gasteiger partial charge >= 0.3 is 5.69 Å². The summed E-state index contributed by atoms with van der Waals surface area (Å²) in [5.74, 6) is 1.67. The minimum absolute atomic E-state index is 0.155. The van der Waals surface area contributed by atoms with E-state index < -0.39 is 4.92 Å². The number of hydrogen-bond acceptors (Lipinski definition) is 6. The molecular weight excluding hydrogens is 264 g/mol. The number of pyridine rings is 1. The van der Waals surface area contributed by atoms with Gasteiger partial charge in [0.2, 0.25) is 5.69 Å². The van der Waals surface area contributed by atoms with Crippen LogP contribution in [0.3, 0.4) is 0 Å². The molecule has 1 aromatic rings. The molecule has 0 spiro atoms. The number of nitrogens with one attached hydrogen (secondary N) is 1. The zero-order valence-corrected chi connectivity index (χ0v) is 11.6. The standard InChI is InChI=1S/C12H16N4O2S/c1-19-8-4-2-3-7-14-12-6-5-11(16(17)18)10(9-13)15-12/h5-6H,2-4,7-8H2,1H3,(H,14,15). The third-order valence-corrected chi connectivity index (χ3v) is 3.20. The van der Waals surface area contributed by atoms with Crippen molar-refractivity contribution in [3.8, 4) is 6.07 Å². The molecule has 7 heteroatoms. The molecule has 0 fully saturated rings. The Bertz CT molecular complexity index is 473. The maximum atomic E-state index is 10.6. The second-order valence-electron chi connectivity index (χ2n) is 3.91. The molecule has 6 nitrogen and oxygen atoms in total. The Kier molecular flexibility index (Phi) is 6.68. The summed E-state index contributed by atoms with van der Waals surface area (Å²) < 4.78 is 0. The molecule has 1 rings (SSSR count). The second kappa shape index (κ2) is 8.32. The van der Waals surface area contributed by atoms with E-state index in [2.05, 4.69) is 16.6 Å². The van der Waals surface area contributed by atoms with Gasteiger partial charge in [-0.15, -0.1) is 0 Å². The van der Waals surface area contributed by atoms with Crippen molar-refractivity contribution >= 4 is 23.3 Å². The first-order chi connectivity index (χ1) is 9.19. The summed E-state index contributed by atoms with van der Waals surface area (Å²) in [5, 5.41) is 22.5. The minimum atomic E-state index is -0.599. The third kappa shape index (κ3) is 5.14. The lowest BCUT2D eigenvalue weighted by molar-refractivity contribution is -0.385. The Labute approximate surface area is 116 Å². The van der Waals surface area contributed by atoms with Crippen LogP contribution in [0, 0.1) is 21.4 Å². The van der Waals surface area contributed by atoms with E-state index >= 15 is 0 Å². The van der Waals surface area contributed by atoms with Crippen LogP contribution in [0.2, 0.25) is 0 Å². The van der Waals surface area contributed by atoms with Gasteiger partial charge in [-0.05, 0) is 30.9 Å². The Morgan fingerprint density at radius 1 is 1.47 bits per heavy atom. The van der Waals surface area contributed by atoms with Gasteiger partial charge in [0, 0.05) is 12.6 Å². The van der Waals surface area contributed by atoms with Gasteiger partial charge in [-0.3, -0.25) is 10.1 Å². The summed E-state index contributed by atoms with van der Waals surface area (Å²) in [6.07, 6.45) is 5.41. The first kappa shape index (κ1) is 15.2.